The third-order valence-corrected chi connectivity index (χ3v) is 15.0. The zero-order valence-electron chi connectivity index (χ0n) is 37.5. The highest BCUT2D eigenvalue weighted by Gasteiger charge is 2.57. The van der Waals surface area contributed by atoms with E-state index in [1.807, 2.05) is 43.1 Å². The third-order valence-electron chi connectivity index (χ3n) is 14.7. The molecule has 13 nitrogen and oxygen atoms in total. The van der Waals surface area contributed by atoms with Gasteiger partial charge in [-0.3, -0.25) is 9.97 Å². The van der Waals surface area contributed by atoms with Gasteiger partial charge < -0.3 is 34.3 Å². The molecular weight excluding hydrogens is 816 g/mol. The van der Waals surface area contributed by atoms with Gasteiger partial charge in [0.2, 0.25) is 5.95 Å². The monoisotopic (exact) mass is 874 g/mol. The van der Waals surface area contributed by atoms with Gasteiger partial charge in [0, 0.05) is 75.9 Å². The van der Waals surface area contributed by atoms with Gasteiger partial charge in [-0.2, -0.15) is 4.98 Å². The first-order chi connectivity index (χ1) is 30.2. The van der Waals surface area contributed by atoms with Crippen molar-refractivity contribution < 1.29 is 23.8 Å². The van der Waals surface area contributed by atoms with Crippen molar-refractivity contribution in [3.8, 4) is 17.6 Å². The van der Waals surface area contributed by atoms with Gasteiger partial charge in [0.25, 0.3) is 0 Å². The Morgan fingerprint density at radius 1 is 1.02 bits per heavy atom. The Bertz CT molecular complexity index is 2530. The minimum Gasteiger partial charge on any atom is -0.496 e. The number of ether oxygens (including phenoxy) is 3. The number of likely N-dealkylation sites (N-methyl/N-ethyl adjacent to an activating group) is 2. The van der Waals surface area contributed by atoms with Crippen LogP contribution < -0.4 is 10.5 Å². The molecule has 2 saturated carbocycles. The fraction of sp³-hybridized carbons (Fsp3) is 0.510. The minimum absolute atomic E-state index is 0.0500. The number of pyridine rings is 2. The van der Waals surface area contributed by atoms with Crippen LogP contribution in [0, 0.1) is 54.3 Å². The summed E-state index contributed by atoms with van der Waals surface area (Å²) in [5.41, 5.74) is 14.3. The summed E-state index contributed by atoms with van der Waals surface area (Å²) in [6.45, 7) is 9.94. The van der Waals surface area contributed by atoms with Crippen LogP contribution in [0.4, 0.5) is 15.5 Å². The van der Waals surface area contributed by atoms with E-state index in [4.69, 9.17) is 31.5 Å². The topological polar surface area (TPSA) is 151 Å². The average Bonchev–Trinajstić information content (AvgIpc) is 3.80. The van der Waals surface area contributed by atoms with Crippen molar-refractivity contribution in [2.24, 2.45) is 28.6 Å². The van der Waals surface area contributed by atoms with Crippen LogP contribution in [0.1, 0.15) is 93.2 Å². The Kier molecular flexibility index (Phi) is 12.5. The maximum absolute atomic E-state index is 13.3. The van der Waals surface area contributed by atoms with Crippen LogP contribution in [-0.4, -0.2) is 93.5 Å². The lowest BCUT2D eigenvalue weighted by Crippen LogP contribution is -2.50. The van der Waals surface area contributed by atoms with E-state index in [0.29, 0.717) is 47.4 Å². The van der Waals surface area contributed by atoms with Gasteiger partial charge in [-0.15, -0.1) is 0 Å². The van der Waals surface area contributed by atoms with Crippen molar-refractivity contribution in [3.05, 3.63) is 87.7 Å². The number of aromatic nitrogens is 5. The van der Waals surface area contributed by atoms with E-state index in [-0.39, 0.29) is 53.7 Å². The molecule has 4 aliphatic rings. The highest BCUT2D eigenvalue weighted by Crippen LogP contribution is 2.66. The third kappa shape index (κ3) is 8.46. The molecule has 4 aromatic heterocycles. The number of carbonyl (C=O) groups is 2. The number of nitrogens with two attached hydrogens (primary N) is 1. The number of fused-ring (bicyclic) bond motifs is 6. The lowest BCUT2D eigenvalue weighted by atomic mass is 9.47. The molecule has 4 heterocycles. The maximum atomic E-state index is 13.3. The number of hydrogen-bond donors (Lipinski definition) is 1. The fourth-order valence-corrected chi connectivity index (χ4v) is 11.5. The summed E-state index contributed by atoms with van der Waals surface area (Å²) < 4.78 is 19.1. The largest absolute Gasteiger partial charge is 0.496 e. The number of anilines is 1. The molecule has 2 N–H and O–H groups in total. The number of aryl methyl sites for hydroxylation is 1. The number of methoxy groups -OCH3 is 1. The second kappa shape index (κ2) is 17.9. The highest BCUT2D eigenvalue weighted by molar-refractivity contribution is 6.34. The quantitative estimate of drug-likeness (QED) is 0.0708. The summed E-state index contributed by atoms with van der Waals surface area (Å²) in [4.78, 5) is 46.8. The van der Waals surface area contributed by atoms with Gasteiger partial charge >= 0.3 is 12.2 Å². The number of nitrogens with zero attached hydrogens (tertiary/aromatic N) is 7. The zero-order chi connectivity index (χ0) is 44.6. The summed E-state index contributed by atoms with van der Waals surface area (Å²) in [6.07, 6.45) is 19.0. The normalized spacial score (nSPS) is 24.8. The summed E-state index contributed by atoms with van der Waals surface area (Å²) in [7, 11) is 5.00. The molecule has 4 aliphatic carbocycles. The Balaban J connectivity index is 0.800. The van der Waals surface area contributed by atoms with Crippen LogP contribution in [0.2, 0.25) is 5.15 Å². The van der Waals surface area contributed by atoms with Gasteiger partial charge in [0.05, 0.1) is 30.3 Å². The molecule has 2 amide bonds. The molecule has 332 valence electrons. The first-order valence-electron chi connectivity index (χ1n) is 22.1. The molecule has 0 bridgehead atoms. The van der Waals surface area contributed by atoms with E-state index >= 15 is 0 Å². The molecule has 14 heteroatoms. The molecular formula is C49H59ClN8O5. The maximum Gasteiger partial charge on any atom is 0.409 e. The summed E-state index contributed by atoms with van der Waals surface area (Å²) in [5.74, 6) is 8.99. The molecule has 0 radical (unpaired) electrons. The van der Waals surface area contributed by atoms with E-state index in [2.05, 4.69) is 63.8 Å². The lowest BCUT2D eigenvalue weighted by Gasteiger charge is -2.57. The lowest BCUT2D eigenvalue weighted by molar-refractivity contribution is -0.0289. The standard InChI is InChI=1S/C49H59ClN8O5/c1-30-26-53-40(31(2)42(30)61-7)29-58-28-33(41-43(50)54-45(51)55-44(41)58)11-8-9-24-62-46(59)56(5)22-23-57(6)47(60)63-35-17-19-48(3)34(25-35)13-14-36-38-16-15-37(32-12-10-21-52-27-32)49(38,4)20-18-39(36)48/h10,12-13,15,21,26-28,35-36,38-39H,9,14,16-20,22-25,29H2,1-7H3,(H2,51,54,55)/t35-,36-,38-,39-,48-,49+/m0/s1. The number of nitrogen functional groups attached to an aromatic ring is 1. The minimum atomic E-state index is -0.502. The molecule has 0 spiro atoms. The highest BCUT2D eigenvalue weighted by atomic mass is 35.5. The second-order valence-electron chi connectivity index (χ2n) is 18.4. The number of hydrogen-bond acceptors (Lipinski definition) is 10. The zero-order valence-corrected chi connectivity index (χ0v) is 38.3. The number of amides is 2. The molecule has 0 unspecified atom stereocenters. The van der Waals surface area contributed by atoms with E-state index in [9.17, 15) is 9.59 Å². The van der Waals surface area contributed by atoms with Crippen LogP contribution in [0.15, 0.2) is 54.6 Å². The summed E-state index contributed by atoms with van der Waals surface area (Å²) >= 11 is 6.55. The van der Waals surface area contributed by atoms with E-state index < -0.39 is 6.09 Å². The predicted molar refractivity (Wildman–Crippen MR) is 244 cm³/mol. The Hall–Kier alpha value is -5.61. The van der Waals surface area contributed by atoms with Crippen LogP contribution >= 0.6 is 11.6 Å². The molecule has 0 saturated heterocycles. The smallest absolute Gasteiger partial charge is 0.409 e. The molecule has 63 heavy (non-hydrogen) atoms. The Morgan fingerprint density at radius 3 is 2.56 bits per heavy atom. The van der Waals surface area contributed by atoms with Crippen molar-refractivity contribution in [1.29, 1.82) is 0 Å². The van der Waals surface area contributed by atoms with Crippen molar-refractivity contribution in [1.82, 2.24) is 34.3 Å². The first kappa shape index (κ1) is 44.0. The predicted octanol–water partition coefficient (Wildman–Crippen LogP) is 9.03. The van der Waals surface area contributed by atoms with Crippen molar-refractivity contribution >= 4 is 46.3 Å². The van der Waals surface area contributed by atoms with Gasteiger partial charge in [-0.25, -0.2) is 14.6 Å². The summed E-state index contributed by atoms with van der Waals surface area (Å²) in [5, 5.41) is 0.769. The number of rotatable bonds is 10. The molecule has 8 rings (SSSR count). The van der Waals surface area contributed by atoms with Crippen molar-refractivity contribution in [3.63, 3.8) is 0 Å². The Labute approximate surface area is 375 Å². The van der Waals surface area contributed by atoms with Crippen LogP contribution in [0.25, 0.3) is 16.6 Å². The van der Waals surface area contributed by atoms with Crippen LogP contribution in [0.3, 0.4) is 0 Å². The molecule has 0 aliphatic heterocycles. The van der Waals surface area contributed by atoms with Crippen molar-refractivity contribution in [2.75, 3.05) is 46.6 Å². The van der Waals surface area contributed by atoms with Crippen LogP contribution in [-0.2, 0) is 16.0 Å². The molecule has 6 atom stereocenters. The van der Waals surface area contributed by atoms with Crippen molar-refractivity contribution in [2.45, 2.75) is 91.7 Å². The number of allylic oxidation sites excluding steroid dienone is 3. The van der Waals surface area contributed by atoms with E-state index in [1.165, 1.54) is 39.4 Å². The fourth-order valence-electron chi connectivity index (χ4n) is 11.2. The van der Waals surface area contributed by atoms with Gasteiger partial charge in [-0.1, -0.05) is 61.1 Å². The first-order valence-corrected chi connectivity index (χ1v) is 22.5. The molecule has 0 aromatic carbocycles. The Morgan fingerprint density at radius 2 is 1.79 bits per heavy atom. The molecule has 4 aromatic rings. The number of carbonyl (C=O) groups excluding carboxylic acids is 2. The summed E-state index contributed by atoms with van der Waals surface area (Å²) in [6, 6.07) is 4.26. The molecule has 2 fully saturated rings. The van der Waals surface area contributed by atoms with Crippen LogP contribution in [0.5, 0.6) is 5.75 Å². The van der Waals surface area contributed by atoms with Gasteiger partial charge in [-0.05, 0) is 98.2 Å². The second-order valence-corrected chi connectivity index (χ2v) is 18.7. The van der Waals surface area contributed by atoms with Gasteiger partial charge in [0.1, 0.15) is 29.3 Å². The van der Waals surface area contributed by atoms with Gasteiger partial charge in [0.15, 0.2) is 0 Å². The number of halogens is 1. The van der Waals surface area contributed by atoms with E-state index in [1.54, 1.807) is 27.4 Å². The SMILES string of the molecule is COc1c(C)cnc(Cn2cc(C#CCCOC(=O)N(C)CCN(C)C(=O)O[C@H]3CC[C@@]4(C)C(=CC[C@@H]5[C@@H]4CC[C@]4(C)C(c6cccnc6)=CC[C@@H]54)C3)c3c(Cl)nc(N)nc32)c1C. The average molecular weight is 876 g/mol. The van der Waals surface area contributed by atoms with E-state index in [0.717, 1.165) is 54.7 Å².